The van der Waals surface area contributed by atoms with Crippen LogP contribution in [-0.4, -0.2) is 37.2 Å². The lowest BCUT2D eigenvalue weighted by molar-refractivity contribution is -0.167. The Morgan fingerprint density at radius 1 is 0.290 bits per heavy atom. The topological polar surface area (TPSA) is 78.9 Å². The minimum absolute atomic E-state index is 0.0769. The number of unbranched alkanes of at least 4 members (excludes halogenated alkanes) is 36. The first-order chi connectivity index (χ1) is 34.0. The molecular weight excluding hydrogens is 853 g/mol. The molecule has 402 valence electrons. The largest absolute Gasteiger partial charge is 0.462 e. The molecule has 0 amide bonds. The first-order valence-corrected chi connectivity index (χ1v) is 30.1. The predicted octanol–water partition coefficient (Wildman–Crippen LogP) is 20.2. The molecule has 0 fully saturated rings. The second kappa shape index (κ2) is 57.9. The summed E-state index contributed by atoms with van der Waals surface area (Å²) in [7, 11) is 0. The second-order valence-corrected chi connectivity index (χ2v) is 20.2. The van der Waals surface area contributed by atoms with Gasteiger partial charge in [0.25, 0.3) is 0 Å². The highest BCUT2D eigenvalue weighted by molar-refractivity contribution is 5.71. The van der Waals surface area contributed by atoms with Crippen molar-refractivity contribution in [3.63, 3.8) is 0 Å². The van der Waals surface area contributed by atoms with Gasteiger partial charge in [-0.1, -0.05) is 243 Å². The molecule has 6 heteroatoms. The molecule has 0 spiro atoms. The maximum Gasteiger partial charge on any atom is 0.306 e. The zero-order valence-corrected chi connectivity index (χ0v) is 46.1. The Kier molecular flexibility index (Phi) is 55.7. The zero-order valence-electron chi connectivity index (χ0n) is 46.1. The number of ether oxygens (including phenoxy) is 3. The van der Waals surface area contributed by atoms with Gasteiger partial charge in [0.15, 0.2) is 6.10 Å². The van der Waals surface area contributed by atoms with Crippen LogP contribution in [0.15, 0.2) is 48.6 Å². The van der Waals surface area contributed by atoms with Crippen molar-refractivity contribution in [1.82, 2.24) is 0 Å². The van der Waals surface area contributed by atoms with Crippen molar-refractivity contribution in [1.29, 1.82) is 0 Å². The van der Waals surface area contributed by atoms with Crippen LogP contribution >= 0.6 is 0 Å². The van der Waals surface area contributed by atoms with Crippen LogP contribution in [0.25, 0.3) is 0 Å². The molecule has 0 saturated carbocycles. The molecule has 0 aromatic rings. The van der Waals surface area contributed by atoms with Crippen molar-refractivity contribution in [3.05, 3.63) is 48.6 Å². The van der Waals surface area contributed by atoms with Gasteiger partial charge in [-0.15, -0.1) is 0 Å². The molecule has 0 unspecified atom stereocenters. The second-order valence-electron chi connectivity index (χ2n) is 20.2. The highest BCUT2D eigenvalue weighted by Gasteiger charge is 2.19. The summed E-state index contributed by atoms with van der Waals surface area (Å²) in [6.45, 7) is 6.62. The Morgan fingerprint density at radius 3 is 0.855 bits per heavy atom. The van der Waals surface area contributed by atoms with Crippen LogP contribution < -0.4 is 0 Å². The van der Waals surface area contributed by atoms with Gasteiger partial charge in [-0.3, -0.25) is 14.4 Å². The normalized spacial score (nSPS) is 12.3. The monoisotopic (exact) mass is 967 g/mol. The van der Waals surface area contributed by atoms with Gasteiger partial charge in [0.1, 0.15) is 13.2 Å². The Hall–Kier alpha value is -2.63. The highest BCUT2D eigenvalue weighted by Crippen LogP contribution is 2.16. The van der Waals surface area contributed by atoms with Crippen molar-refractivity contribution in [2.24, 2.45) is 0 Å². The van der Waals surface area contributed by atoms with E-state index < -0.39 is 6.10 Å². The number of rotatable bonds is 55. The molecule has 0 N–H and O–H groups in total. The smallest absolute Gasteiger partial charge is 0.306 e. The lowest BCUT2D eigenvalue weighted by Gasteiger charge is -2.18. The van der Waals surface area contributed by atoms with E-state index >= 15 is 0 Å². The van der Waals surface area contributed by atoms with Gasteiger partial charge >= 0.3 is 17.9 Å². The zero-order chi connectivity index (χ0) is 50.0. The lowest BCUT2D eigenvalue weighted by atomic mass is 10.1. The van der Waals surface area contributed by atoms with Gasteiger partial charge in [-0.05, 0) is 103 Å². The summed E-state index contributed by atoms with van der Waals surface area (Å²) >= 11 is 0. The molecule has 0 aliphatic heterocycles. The van der Waals surface area contributed by atoms with Crippen molar-refractivity contribution in [2.45, 2.75) is 322 Å². The Morgan fingerprint density at radius 2 is 0.522 bits per heavy atom. The lowest BCUT2D eigenvalue weighted by Crippen LogP contribution is -2.30. The first-order valence-electron chi connectivity index (χ1n) is 30.1. The molecule has 0 saturated heterocycles. The van der Waals surface area contributed by atoms with E-state index in [4.69, 9.17) is 14.2 Å². The number of carbonyl (C=O) groups is 3. The third kappa shape index (κ3) is 56.2. The standard InChI is InChI=1S/C63H114O6/c1-4-7-10-13-16-19-22-25-28-30-31-33-35-38-41-44-47-50-53-56-62(65)68-59-60(58-67-61(64)55-52-49-46-43-40-37-34-27-24-21-18-15-12-9-6-3)69-63(66)57-54-51-48-45-42-39-36-32-29-26-23-20-17-14-11-8-5-2/h17,20-21,24-26,28-29,60H,4-16,18-19,22-23,27,30-59H2,1-3H3/b20-17-,24-21-,28-25-,29-26-/t60-/m0/s1. The molecule has 0 aromatic carbocycles. The fourth-order valence-electron chi connectivity index (χ4n) is 8.70. The summed E-state index contributed by atoms with van der Waals surface area (Å²) in [6.07, 6.45) is 71.0. The molecule has 1 atom stereocenters. The number of hydrogen-bond donors (Lipinski definition) is 0. The summed E-state index contributed by atoms with van der Waals surface area (Å²) in [5.74, 6) is -0.876. The predicted molar refractivity (Wildman–Crippen MR) is 298 cm³/mol. The van der Waals surface area contributed by atoms with E-state index in [1.807, 2.05) is 0 Å². The summed E-state index contributed by atoms with van der Waals surface area (Å²) in [6, 6.07) is 0. The van der Waals surface area contributed by atoms with Gasteiger partial charge in [-0.25, -0.2) is 0 Å². The van der Waals surface area contributed by atoms with Crippen molar-refractivity contribution >= 4 is 17.9 Å². The minimum atomic E-state index is -0.779. The Labute approximate surface area is 428 Å². The summed E-state index contributed by atoms with van der Waals surface area (Å²) in [4.78, 5) is 38.2. The van der Waals surface area contributed by atoms with Gasteiger partial charge < -0.3 is 14.2 Å². The maximum absolute atomic E-state index is 12.9. The van der Waals surface area contributed by atoms with Crippen molar-refractivity contribution < 1.29 is 28.6 Å². The number of esters is 3. The number of hydrogen-bond acceptors (Lipinski definition) is 6. The van der Waals surface area contributed by atoms with E-state index in [0.29, 0.717) is 19.3 Å². The minimum Gasteiger partial charge on any atom is -0.462 e. The van der Waals surface area contributed by atoms with Crippen LogP contribution in [0.3, 0.4) is 0 Å². The quantitative estimate of drug-likeness (QED) is 0.0262. The average molecular weight is 968 g/mol. The van der Waals surface area contributed by atoms with Crippen LogP contribution in [0.5, 0.6) is 0 Å². The third-order valence-corrected chi connectivity index (χ3v) is 13.3. The Balaban J connectivity index is 4.36. The van der Waals surface area contributed by atoms with E-state index in [1.54, 1.807) is 0 Å². The third-order valence-electron chi connectivity index (χ3n) is 13.3. The molecule has 0 aromatic heterocycles. The van der Waals surface area contributed by atoms with E-state index in [-0.39, 0.29) is 31.1 Å². The Bertz CT molecular complexity index is 1200. The fraction of sp³-hybridized carbons (Fsp3) is 0.825. The van der Waals surface area contributed by atoms with Gasteiger partial charge in [0, 0.05) is 19.3 Å². The van der Waals surface area contributed by atoms with Crippen LogP contribution in [-0.2, 0) is 28.6 Å². The molecule has 0 heterocycles. The molecule has 69 heavy (non-hydrogen) atoms. The SMILES string of the molecule is CCCCC/C=C\C/C=C\CCCCCCCCCC(=O)O[C@@H](COC(=O)CCCCCCCCC/C=C\CCCCCC)COC(=O)CCCCCCCCCCC/C=C\CCCCCCCC. The first kappa shape index (κ1) is 66.4. The van der Waals surface area contributed by atoms with Crippen LogP contribution in [0.4, 0.5) is 0 Å². The van der Waals surface area contributed by atoms with E-state index in [0.717, 1.165) is 70.6 Å². The average Bonchev–Trinajstić information content (AvgIpc) is 3.35. The van der Waals surface area contributed by atoms with Gasteiger partial charge in [0.05, 0.1) is 0 Å². The van der Waals surface area contributed by atoms with E-state index in [1.165, 1.54) is 205 Å². The molecule has 0 aliphatic carbocycles. The van der Waals surface area contributed by atoms with E-state index in [2.05, 4.69) is 69.4 Å². The number of carbonyl (C=O) groups excluding carboxylic acids is 3. The molecule has 0 aliphatic rings. The number of allylic oxidation sites excluding steroid dienone is 8. The van der Waals surface area contributed by atoms with Gasteiger partial charge in [0.2, 0.25) is 0 Å². The summed E-state index contributed by atoms with van der Waals surface area (Å²) in [5.41, 5.74) is 0. The molecule has 0 bridgehead atoms. The van der Waals surface area contributed by atoms with E-state index in [9.17, 15) is 14.4 Å². The maximum atomic E-state index is 12.9. The summed E-state index contributed by atoms with van der Waals surface area (Å²) < 4.78 is 16.9. The van der Waals surface area contributed by atoms with Crippen LogP contribution in [0.1, 0.15) is 316 Å². The molecule has 0 radical (unpaired) electrons. The fourth-order valence-corrected chi connectivity index (χ4v) is 8.70. The molecule has 6 nitrogen and oxygen atoms in total. The highest BCUT2D eigenvalue weighted by atomic mass is 16.6. The van der Waals surface area contributed by atoms with Crippen LogP contribution in [0, 0.1) is 0 Å². The van der Waals surface area contributed by atoms with Crippen molar-refractivity contribution in [3.8, 4) is 0 Å². The molecular formula is C63H114O6. The molecule has 0 rings (SSSR count). The van der Waals surface area contributed by atoms with Gasteiger partial charge in [-0.2, -0.15) is 0 Å². The van der Waals surface area contributed by atoms with Crippen molar-refractivity contribution in [2.75, 3.05) is 13.2 Å². The van der Waals surface area contributed by atoms with Crippen LogP contribution in [0.2, 0.25) is 0 Å². The summed E-state index contributed by atoms with van der Waals surface area (Å²) in [5, 5.41) is 0.